The van der Waals surface area contributed by atoms with Crippen LogP contribution in [0.3, 0.4) is 0 Å². The SMILES string of the molecule is O=C(CCC1CCCN(C2CCN(Cc3ccc(Cl)cc3)CC2)C1)c1ccc2ncccc2c1. The van der Waals surface area contributed by atoms with Crippen molar-refractivity contribution in [2.75, 3.05) is 26.2 Å². The van der Waals surface area contributed by atoms with E-state index in [0.29, 0.717) is 18.4 Å². The van der Waals surface area contributed by atoms with Gasteiger partial charge in [-0.25, -0.2) is 0 Å². The fourth-order valence-electron chi connectivity index (χ4n) is 5.68. The molecule has 2 aliphatic rings. The van der Waals surface area contributed by atoms with Crippen molar-refractivity contribution < 1.29 is 4.79 Å². The molecule has 2 fully saturated rings. The lowest BCUT2D eigenvalue weighted by molar-refractivity contribution is 0.0657. The fraction of sp³-hybridized carbons (Fsp3) is 0.448. The zero-order valence-electron chi connectivity index (χ0n) is 19.8. The Labute approximate surface area is 207 Å². The number of hydrogen-bond donors (Lipinski definition) is 0. The maximum absolute atomic E-state index is 12.9. The smallest absolute Gasteiger partial charge is 0.162 e. The maximum Gasteiger partial charge on any atom is 0.162 e. The predicted molar refractivity (Wildman–Crippen MR) is 139 cm³/mol. The lowest BCUT2D eigenvalue weighted by Crippen LogP contribution is -2.48. The Kier molecular flexibility index (Phi) is 7.58. The first kappa shape index (κ1) is 23.5. The van der Waals surface area contributed by atoms with E-state index in [1.54, 1.807) is 6.20 Å². The number of Topliss-reactive ketones (excluding diaryl/α,β-unsaturated/α-hetero) is 1. The van der Waals surface area contributed by atoms with E-state index in [-0.39, 0.29) is 5.78 Å². The Morgan fingerprint density at radius 2 is 1.82 bits per heavy atom. The van der Waals surface area contributed by atoms with Crippen molar-refractivity contribution in [2.45, 2.75) is 51.1 Å². The monoisotopic (exact) mass is 475 g/mol. The van der Waals surface area contributed by atoms with Crippen LogP contribution in [0.5, 0.6) is 0 Å². The van der Waals surface area contributed by atoms with Crippen LogP contribution in [0.1, 0.15) is 54.4 Å². The minimum atomic E-state index is 0.262. The summed E-state index contributed by atoms with van der Waals surface area (Å²) >= 11 is 6.02. The van der Waals surface area contributed by atoms with Crippen molar-refractivity contribution in [3.05, 3.63) is 76.9 Å². The third-order valence-electron chi connectivity index (χ3n) is 7.65. The molecule has 0 aliphatic carbocycles. The highest BCUT2D eigenvalue weighted by Crippen LogP contribution is 2.27. The number of hydrogen-bond acceptors (Lipinski definition) is 4. The van der Waals surface area contributed by atoms with Crippen LogP contribution in [0.25, 0.3) is 10.9 Å². The largest absolute Gasteiger partial charge is 0.300 e. The van der Waals surface area contributed by atoms with Gasteiger partial charge in [0.05, 0.1) is 5.52 Å². The van der Waals surface area contributed by atoms with Crippen LogP contribution < -0.4 is 0 Å². The summed E-state index contributed by atoms with van der Waals surface area (Å²) in [6.45, 7) is 5.69. The number of pyridine rings is 1. The van der Waals surface area contributed by atoms with E-state index in [1.807, 2.05) is 42.5 Å². The van der Waals surface area contributed by atoms with E-state index < -0.39 is 0 Å². The standard InChI is InChI=1S/C29H34ClN3O/c30-26-9-5-23(6-10-26)20-32-17-13-27(14-18-32)33-16-2-3-22(21-33)7-12-29(34)25-8-11-28-24(19-25)4-1-15-31-28/h1,4-6,8-11,15,19,22,27H,2-3,7,12-14,16-18,20-21H2. The highest BCUT2D eigenvalue weighted by Gasteiger charge is 2.29. The molecular weight excluding hydrogens is 442 g/mol. The molecule has 0 N–H and O–H groups in total. The summed E-state index contributed by atoms with van der Waals surface area (Å²) in [5.41, 5.74) is 3.11. The van der Waals surface area contributed by atoms with E-state index in [1.165, 1.54) is 37.8 Å². The van der Waals surface area contributed by atoms with Gasteiger partial charge >= 0.3 is 0 Å². The number of carbonyl (C=O) groups excluding carboxylic acids is 1. The van der Waals surface area contributed by atoms with Crippen LogP contribution >= 0.6 is 11.6 Å². The van der Waals surface area contributed by atoms with Crippen LogP contribution in [0, 0.1) is 5.92 Å². The van der Waals surface area contributed by atoms with Crippen molar-refractivity contribution >= 4 is 28.3 Å². The first-order valence-corrected chi connectivity index (χ1v) is 13.1. The van der Waals surface area contributed by atoms with Gasteiger partial charge in [0.1, 0.15) is 0 Å². The predicted octanol–water partition coefficient (Wildman–Crippen LogP) is 6.23. The molecule has 0 spiro atoms. The highest BCUT2D eigenvalue weighted by molar-refractivity contribution is 6.30. The summed E-state index contributed by atoms with van der Waals surface area (Å²) in [5.74, 6) is 0.894. The van der Waals surface area contributed by atoms with Crippen LogP contribution in [0.2, 0.25) is 5.02 Å². The molecule has 4 nitrogen and oxygen atoms in total. The van der Waals surface area contributed by atoms with Gasteiger partial charge in [-0.3, -0.25) is 14.7 Å². The molecule has 1 aromatic heterocycles. The van der Waals surface area contributed by atoms with Gasteiger partial charge in [-0.2, -0.15) is 0 Å². The van der Waals surface area contributed by atoms with E-state index >= 15 is 0 Å². The third kappa shape index (κ3) is 5.86. The number of carbonyl (C=O) groups is 1. The molecule has 0 radical (unpaired) electrons. The summed E-state index contributed by atoms with van der Waals surface area (Å²) in [6.07, 6.45) is 8.42. The quantitative estimate of drug-likeness (QED) is 0.379. The van der Waals surface area contributed by atoms with E-state index in [9.17, 15) is 4.79 Å². The Morgan fingerprint density at radius 3 is 2.65 bits per heavy atom. The van der Waals surface area contributed by atoms with Gasteiger partial charge in [0.2, 0.25) is 0 Å². The van der Waals surface area contributed by atoms with Gasteiger partial charge in [0, 0.05) is 47.7 Å². The number of aromatic nitrogens is 1. The molecule has 34 heavy (non-hydrogen) atoms. The zero-order valence-corrected chi connectivity index (χ0v) is 20.6. The van der Waals surface area contributed by atoms with Crippen molar-refractivity contribution in [3.63, 3.8) is 0 Å². The van der Waals surface area contributed by atoms with Crippen molar-refractivity contribution in [2.24, 2.45) is 5.92 Å². The number of benzene rings is 2. The average Bonchev–Trinajstić information content (AvgIpc) is 2.89. The molecule has 2 aliphatic heterocycles. The average molecular weight is 476 g/mol. The third-order valence-corrected chi connectivity index (χ3v) is 7.90. The van der Waals surface area contributed by atoms with Gasteiger partial charge in [-0.05, 0) is 99.6 Å². The first-order chi connectivity index (χ1) is 16.6. The van der Waals surface area contributed by atoms with Crippen LogP contribution in [-0.4, -0.2) is 52.8 Å². The number of halogens is 1. The molecule has 3 aromatic rings. The second-order valence-corrected chi connectivity index (χ2v) is 10.4. The molecule has 2 saturated heterocycles. The second kappa shape index (κ2) is 11.0. The molecule has 1 unspecified atom stereocenters. The van der Waals surface area contributed by atoms with Gasteiger partial charge in [0.25, 0.3) is 0 Å². The molecular formula is C29H34ClN3O. The molecule has 0 bridgehead atoms. The van der Waals surface area contributed by atoms with E-state index in [4.69, 9.17) is 11.6 Å². The number of piperidine rings is 2. The Hall–Kier alpha value is -2.27. The van der Waals surface area contributed by atoms with Gasteiger partial charge in [-0.1, -0.05) is 29.8 Å². The molecule has 5 rings (SSSR count). The van der Waals surface area contributed by atoms with E-state index in [0.717, 1.165) is 54.1 Å². The topological polar surface area (TPSA) is 36.4 Å². The highest BCUT2D eigenvalue weighted by atomic mass is 35.5. The first-order valence-electron chi connectivity index (χ1n) is 12.7. The molecule has 0 saturated carbocycles. The van der Waals surface area contributed by atoms with Gasteiger partial charge < -0.3 is 4.90 Å². The summed E-state index contributed by atoms with van der Waals surface area (Å²) < 4.78 is 0. The minimum Gasteiger partial charge on any atom is -0.300 e. The second-order valence-electron chi connectivity index (χ2n) is 10.0. The lowest BCUT2D eigenvalue weighted by atomic mass is 9.89. The lowest BCUT2D eigenvalue weighted by Gasteiger charge is -2.42. The molecule has 2 aromatic carbocycles. The van der Waals surface area contributed by atoms with Crippen LogP contribution in [-0.2, 0) is 6.54 Å². The normalized spacial score (nSPS) is 20.6. The van der Waals surface area contributed by atoms with Crippen molar-refractivity contribution in [1.82, 2.24) is 14.8 Å². The summed E-state index contributed by atoms with van der Waals surface area (Å²) in [7, 11) is 0. The Morgan fingerprint density at radius 1 is 1.00 bits per heavy atom. The summed E-state index contributed by atoms with van der Waals surface area (Å²) in [4.78, 5) is 22.5. The van der Waals surface area contributed by atoms with Gasteiger partial charge in [-0.15, -0.1) is 0 Å². The summed E-state index contributed by atoms with van der Waals surface area (Å²) in [5, 5.41) is 1.85. The molecule has 3 heterocycles. The number of rotatable bonds is 7. The number of fused-ring (bicyclic) bond motifs is 1. The Balaban J connectivity index is 1.09. The molecule has 1 atom stereocenters. The fourth-order valence-corrected chi connectivity index (χ4v) is 5.81. The minimum absolute atomic E-state index is 0.262. The van der Waals surface area contributed by atoms with Crippen LogP contribution in [0.15, 0.2) is 60.8 Å². The Bertz CT molecular complexity index is 1110. The van der Waals surface area contributed by atoms with Crippen molar-refractivity contribution in [3.8, 4) is 0 Å². The molecule has 178 valence electrons. The van der Waals surface area contributed by atoms with E-state index in [2.05, 4.69) is 26.9 Å². The maximum atomic E-state index is 12.9. The number of ketones is 1. The molecule has 0 amide bonds. The number of likely N-dealkylation sites (tertiary alicyclic amines) is 2. The summed E-state index contributed by atoms with van der Waals surface area (Å²) in [6, 6.07) is 18.8. The zero-order chi connectivity index (χ0) is 23.3. The number of nitrogens with zero attached hydrogens (tertiary/aromatic N) is 3. The molecule has 5 heteroatoms. The van der Waals surface area contributed by atoms with Gasteiger partial charge in [0.15, 0.2) is 5.78 Å². The van der Waals surface area contributed by atoms with Crippen LogP contribution in [0.4, 0.5) is 0 Å². The van der Waals surface area contributed by atoms with Crippen molar-refractivity contribution in [1.29, 1.82) is 0 Å².